The van der Waals surface area contributed by atoms with Gasteiger partial charge in [0.2, 0.25) is 6.79 Å². The molecule has 6 nitrogen and oxygen atoms in total. The molecule has 24 heavy (non-hydrogen) atoms. The SMILES string of the molecule is Cc1cc(C)n(CCOC(=O)C=Cc2cc(Cl)c3c(c2)OCO3)n1. The third-order valence-corrected chi connectivity index (χ3v) is 3.79. The topological polar surface area (TPSA) is 62.6 Å². The quantitative estimate of drug-likeness (QED) is 0.613. The fraction of sp³-hybridized carbons (Fsp3) is 0.294. The van der Waals surface area contributed by atoms with E-state index >= 15 is 0 Å². The summed E-state index contributed by atoms with van der Waals surface area (Å²) in [6.45, 7) is 4.82. The summed E-state index contributed by atoms with van der Waals surface area (Å²) in [6, 6.07) is 5.44. The van der Waals surface area contributed by atoms with Crippen molar-refractivity contribution >= 4 is 23.6 Å². The van der Waals surface area contributed by atoms with Crippen LogP contribution in [-0.2, 0) is 16.1 Å². The highest BCUT2D eigenvalue weighted by atomic mass is 35.5. The summed E-state index contributed by atoms with van der Waals surface area (Å²) >= 11 is 6.09. The van der Waals surface area contributed by atoms with Gasteiger partial charge in [-0.05, 0) is 43.7 Å². The second-order valence-corrected chi connectivity index (χ2v) is 5.79. The summed E-state index contributed by atoms with van der Waals surface area (Å²) in [5, 5.41) is 4.76. The molecule has 0 saturated carbocycles. The average molecular weight is 349 g/mol. The first kappa shape index (κ1) is 16.4. The number of nitrogens with zero attached hydrogens (tertiary/aromatic N) is 2. The minimum atomic E-state index is -0.426. The maximum Gasteiger partial charge on any atom is 0.330 e. The summed E-state index contributed by atoms with van der Waals surface area (Å²) in [4.78, 5) is 11.8. The summed E-state index contributed by atoms with van der Waals surface area (Å²) in [5.74, 6) is 0.673. The Hall–Kier alpha value is -2.47. The molecule has 1 aromatic carbocycles. The molecule has 0 radical (unpaired) electrons. The van der Waals surface area contributed by atoms with E-state index in [0.717, 1.165) is 17.0 Å². The number of aryl methyl sites for hydroxylation is 2. The number of ether oxygens (including phenoxy) is 3. The molecule has 2 aromatic rings. The Kier molecular flexibility index (Phi) is 4.76. The lowest BCUT2D eigenvalue weighted by molar-refractivity contribution is -0.138. The van der Waals surface area contributed by atoms with E-state index in [4.69, 9.17) is 25.8 Å². The van der Waals surface area contributed by atoms with Crippen LogP contribution in [0.5, 0.6) is 11.5 Å². The first-order valence-corrected chi connectivity index (χ1v) is 7.86. The zero-order chi connectivity index (χ0) is 17.1. The minimum Gasteiger partial charge on any atom is -0.461 e. The normalized spacial score (nSPS) is 12.8. The van der Waals surface area contributed by atoms with Gasteiger partial charge in [0.15, 0.2) is 11.5 Å². The first-order valence-electron chi connectivity index (χ1n) is 7.48. The van der Waals surface area contributed by atoms with Crippen LogP contribution < -0.4 is 9.47 Å². The smallest absolute Gasteiger partial charge is 0.330 e. The molecule has 0 unspecified atom stereocenters. The number of carbonyl (C=O) groups is 1. The highest BCUT2D eigenvalue weighted by Crippen LogP contribution is 2.40. The molecule has 0 spiro atoms. The predicted octanol–water partition coefficient (Wildman–Crippen LogP) is 3.14. The number of carbonyl (C=O) groups excluding carboxylic acids is 1. The molecule has 3 rings (SSSR count). The number of hydrogen-bond donors (Lipinski definition) is 0. The van der Waals surface area contributed by atoms with Gasteiger partial charge in [0.25, 0.3) is 0 Å². The Morgan fingerprint density at radius 1 is 1.38 bits per heavy atom. The van der Waals surface area contributed by atoms with Crippen molar-refractivity contribution in [3.05, 3.63) is 46.2 Å². The molecule has 1 aliphatic rings. The van der Waals surface area contributed by atoms with Gasteiger partial charge >= 0.3 is 5.97 Å². The second-order valence-electron chi connectivity index (χ2n) is 5.39. The van der Waals surface area contributed by atoms with E-state index < -0.39 is 5.97 Å². The lowest BCUT2D eigenvalue weighted by Crippen LogP contribution is -2.11. The van der Waals surface area contributed by atoms with Crippen LogP contribution in [0.25, 0.3) is 6.08 Å². The van der Waals surface area contributed by atoms with Crippen LogP contribution in [0.1, 0.15) is 17.0 Å². The lowest BCUT2D eigenvalue weighted by Gasteiger charge is -2.05. The molecule has 0 bridgehead atoms. The summed E-state index contributed by atoms with van der Waals surface area (Å²) < 4.78 is 17.5. The highest BCUT2D eigenvalue weighted by Gasteiger charge is 2.17. The molecular weight excluding hydrogens is 332 g/mol. The van der Waals surface area contributed by atoms with E-state index in [1.165, 1.54) is 6.08 Å². The van der Waals surface area contributed by atoms with E-state index in [9.17, 15) is 4.79 Å². The largest absolute Gasteiger partial charge is 0.461 e. The van der Waals surface area contributed by atoms with Crippen molar-refractivity contribution in [3.8, 4) is 11.5 Å². The number of esters is 1. The molecule has 0 saturated heterocycles. The molecule has 126 valence electrons. The fourth-order valence-corrected chi connectivity index (χ4v) is 2.70. The van der Waals surface area contributed by atoms with Crippen molar-refractivity contribution in [1.82, 2.24) is 9.78 Å². The molecule has 0 fully saturated rings. The monoisotopic (exact) mass is 348 g/mol. The van der Waals surface area contributed by atoms with Gasteiger partial charge in [0.05, 0.1) is 17.3 Å². The van der Waals surface area contributed by atoms with Crippen LogP contribution in [-0.4, -0.2) is 29.1 Å². The molecule has 1 aromatic heterocycles. The summed E-state index contributed by atoms with van der Waals surface area (Å²) in [7, 11) is 0. The Morgan fingerprint density at radius 3 is 2.96 bits per heavy atom. The lowest BCUT2D eigenvalue weighted by atomic mass is 10.2. The third-order valence-electron chi connectivity index (χ3n) is 3.51. The molecular formula is C17H17ClN2O4. The highest BCUT2D eigenvalue weighted by molar-refractivity contribution is 6.32. The first-order chi connectivity index (χ1) is 11.5. The van der Waals surface area contributed by atoms with Crippen molar-refractivity contribution in [1.29, 1.82) is 0 Å². The Labute approximate surface area is 144 Å². The summed E-state index contributed by atoms with van der Waals surface area (Å²) in [6.07, 6.45) is 2.98. The second kappa shape index (κ2) is 6.97. The Balaban J connectivity index is 1.54. The van der Waals surface area contributed by atoms with Gasteiger partial charge in [-0.1, -0.05) is 11.6 Å². The maximum atomic E-state index is 11.8. The van der Waals surface area contributed by atoms with Crippen molar-refractivity contribution < 1.29 is 19.0 Å². The number of fused-ring (bicyclic) bond motifs is 1. The van der Waals surface area contributed by atoms with Crippen LogP contribution in [0.3, 0.4) is 0 Å². The number of halogens is 1. The van der Waals surface area contributed by atoms with Gasteiger partial charge in [0.1, 0.15) is 6.61 Å². The molecule has 0 aliphatic carbocycles. The maximum absolute atomic E-state index is 11.8. The van der Waals surface area contributed by atoms with Crippen molar-refractivity contribution in [2.45, 2.75) is 20.4 Å². The van der Waals surface area contributed by atoms with Gasteiger partial charge in [-0.2, -0.15) is 5.10 Å². The minimum absolute atomic E-state index is 0.149. The van der Waals surface area contributed by atoms with Gasteiger partial charge in [-0.3, -0.25) is 4.68 Å². The third kappa shape index (κ3) is 3.71. The van der Waals surface area contributed by atoms with E-state index in [0.29, 0.717) is 23.1 Å². The standard InChI is InChI=1S/C17H17ClN2O4/c1-11-7-12(2)20(19-11)5-6-22-16(21)4-3-13-8-14(18)17-15(9-13)23-10-24-17/h3-4,7-9H,5-6,10H2,1-2H3. The van der Waals surface area contributed by atoms with E-state index in [1.54, 1.807) is 18.2 Å². The molecule has 0 N–H and O–H groups in total. The van der Waals surface area contributed by atoms with E-state index in [2.05, 4.69) is 5.10 Å². The van der Waals surface area contributed by atoms with Crippen molar-refractivity contribution in [2.75, 3.05) is 13.4 Å². The van der Waals surface area contributed by atoms with Crippen molar-refractivity contribution in [2.24, 2.45) is 0 Å². The van der Waals surface area contributed by atoms with Crippen molar-refractivity contribution in [3.63, 3.8) is 0 Å². The molecule has 0 amide bonds. The Morgan fingerprint density at radius 2 is 2.21 bits per heavy atom. The number of rotatable bonds is 5. The van der Waals surface area contributed by atoms with Crippen LogP contribution in [0.2, 0.25) is 5.02 Å². The molecule has 2 heterocycles. The summed E-state index contributed by atoms with van der Waals surface area (Å²) in [5.41, 5.74) is 2.72. The van der Waals surface area contributed by atoms with Crippen LogP contribution >= 0.6 is 11.6 Å². The van der Waals surface area contributed by atoms with Crippen LogP contribution in [0.15, 0.2) is 24.3 Å². The van der Waals surface area contributed by atoms with E-state index in [-0.39, 0.29) is 13.4 Å². The van der Waals surface area contributed by atoms with Crippen LogP contribution in [0.4, 0.5) is 0 Å². The number of hydrogen-bond acceptors (Lipinski definition) is 5. The zero-order valence-electron chi connectivity index (χ0n) is 13.4. The molecule has 0 atom stereocenters. The van der Waals surface area contributed by atoms with Gasteiger partial charge < -0.3 is 14.2 Å². The van der Waals surface area contributed by atoms with Crippen LogP contribution in [0, 0.1) is 13.8 Å². The van der Waals surface area contributed by atoms with Gasteiger partial charge in [-0.15, -0.1) is 0 Å². The fourth-order valence-electron chi connectivity index (χ4n) is 2.43. The van der Waals surface area contributed by atoms with Gasteiger partial charge in [-0.25, -0.2) is 4.79 Å². The number of aromatic nitrogens is 2. The average Bonchev–Trinajstić information content (AvgIpc) is 3.12. The Bertz CT molecular complexity index is 798. The zero-order valence-corrected chi connectivity index (χ0v) is 14.2. The molecule has 1 aliphatic heterocycles. The molecule has 7 heteroatoms. The predicted molar refractivity (Wildman–Crippen MR) is 89.3 cm³/mol. The van der Waals surface area contributed by atoms with E-state index in [1.807, 2.05) is 24.6 Å². The van der Waals surface area contributed by atoms with Gasteiger partial charge in [0, 0.05) is 11.8 Å². The number of benzene rings is 1.